The minimum atomic E-state index is -0.157. The Labute approximate surface area is 131 Å². The maximum absolute atomic E-state index is 13.8. The van der Waals surface area contributed by atoms with Gasteiger partial charge in [-0.25, -0.2) is 4.39 Å². The summed E-state index contributed by atoms with van der Waals surface area (Å²) in [5, 5.41) is 0.842. The lowest BCUT2D eigenvalue weighted by atomic mass is 10.2. The molecular formula is C14H20Br2FNO. The molecule has 0 fully saturated rings. The topological polar surface area (TPSA) is 12.5 Å². The molecule has 19 heavy (non-hydrogen) atoms. The predicted molar refractivity (Wildman–Crippen MR) is 84.3 cm³/mol. The third-order valence-electron chi connectivity index (χ3n) is 2.86. The molecule has 0 aliphatic rings. The van der Waals surface area contributed by atoms with Gasteiger partial charge in [-0.2, -0.15) is 0 Å². The molecule has 0 aromatic heterocycles. The number of halogens is 3. The number of benzene rings is 1. The van der Waals surface area contributed by atoms with E-state index in [-0.39, 0.29) is 5.82 Å². The van der Waals surface area contributed by atoms with E-state index in [9.17, 15) is 4.39 Å². The summed E-state index contributed by atoms with van der Waals surface area (Å²) in [5.41, 5.74) is 0.712. The van der Waals surface area contributed by atoms with Crippen LogP contribution in [0.3, 0.4) is 0 Å². The minimum absolute atomic E-state index is 0.157. The number of ether oxygens (including phenoxy) is 1. The first-order valence-electron chi connectivity index (χ1n) is 6.36. The van der Waals surface area contributed by atoms with Gasteiger partial charge in [-0.15, -0.1) is 0 Å². The highest BCUT2D eigenvalue weighted by molar-refractivity contribution is 9.10. The minimum Gasteiger partial charge on any atom is -0.379 e. The largest absolute Gasteiger partial charge is 0.379 e. The van der Waals surface area contributed by atoms with E-state index in [1.54, 1.807) is 6.07 Å². The van der Waals surface area contributed by atoms with Gasteiger partial charge in [-0.3, -0.25) is 4.90 Å². The van der Waals surface area contributed by atoms with E-state index in [1.165, 1.54) is 6.07 Å². The van der Waals surface area contributed by atoms with Crippen molar-refractivity contribution in [2.75, 3.05) is 25.1 Å². The van der Waals surface area contributed by atoms with Gasteiger partial charge in [0.1, 0.15) is 5.82 Å². The molecule has 0 heterocycles. The third-order valence-corrected chi connectivity index (χ3v) is 3.67. The van der Waals surface area contributed by atoms with Crippen LogP contribution in [0.4, 0.5) is 4.39 Å². The van der Waals surface area contributed by atoms with Crippen molar-refractivity contribution in [3.63, 3.8) is 0 Å². The molecule has 1 rings (SSSR count). The molecule has 2 nitrogen and oxygen atoms in total. The summed E-state index contributed by atoms with van der Waals surface area (Å²) in [6.45, 7) is 6.99. The first kappa shape index (κ1) is 17.1. The SMILES string of the molecule is CC(C)N(CCOCCBr)Cc1cc(Br)ccc1F. The van der Waals surface area contributed by atoms with Crippen molar-refractivity contribution in [2.24, 2.45) is 0 Å². The second-order valence-electron chi connectivity index (χ2n) is 4.60. The average Bonchev–Trinajstić information content (AvgIpc) is 2.37. The van der Waals surface area contributed by atoms with Crippen LogP contribution in [0.1, 0.15) is 19.4 Å². The Hall–Kier alpha value is 0.0300. The number of hydrogen-bond acceptors (Lipinski definition) is 2. The van der Waals surface area contributed by atoms with E-state index in [1.807, 2.05) is 6.07 Å². The number of alkyl halides is 1. The summed E-state index contributed by atoms with van der Waals surface area (Å²) in [6, 6.07) is 5.41. The summed E-state index contributed by atoms with van der Waals surface area (Å²) in [4.78, 5) is 2.21. The lowest BCUT2D eigenvalue weighted by molar-refractivity contribution is 0.0985. The van der Waals surface area contributed by atoms with Crippen LogP contribution in [0.5, 0.6) is 0 Å². The maximum Gasteiger partial charge on any atom is 0.127 e. The highest BCUT2D eigenvalue weighted by Gasteiger charge is 2.13. The molecule has 0 aliphatic heterocycles. The number of nitrogens with zero attached hydrogens (tertiary/aromatic N) is 1. The molecule has 5 heteroatoms. The van der Waals surface area contributed by atoms with Gasteiger partial charge < -0.3 is 4.74 Å². The highest BCUT2D eigenvalue weighted by atomic mass is 79.9. The second kappa shape index (κ2) is 9.06. The first-order valence-corrected chi connectivity index (χ1v) is 8.27. The Morgan fingerprint density at radius 1 is 1.32 bits per heavy atom. The van der Waals surface area contributed by atoms with E-state index in [2.05, 4.69) is 50.6 Å². The fourth-order valence-electron chi connectivity index (χ4n) is 1.74. The molecule has 0 unspecified atom stereocenters. The van der Waals surface area contributed by atoms with Gasteiger partial charge in [0.05, 0.1) is 13.2 Å². The van der Waals surface area contributed by atoms with Gasteiger partial charge in [-0.05, 0) is 32.0 Å². The lowest BCUT2D eigenvalue weighted by Crippen LogP contribution is -2.33. The number of hydrogen-bond donors (Lipinski definition) is 0. The summed E-state index contributed by atoms with van der Waals surface area (Å²) >= 11 is 6.70. The Morgan fingerprint density at radius 2 is 2.05 bits per heavy atom. The highest BCUT2D eigenvalue weighted by Crippen LogP contribution is 2.18. The van der Waals surface area contributed by atoms with Crippen LogP contribution in [0.15, 0.2) is 22.7 Å². The van der Waals surface area contributed by atoms with E-state index in [4.69, 9.17) is 4.74 Å². The molecular weight excluding hydrogens is 377 g/mol. The van der Waals surface area contributed by atoms with Crippen LogP contribution < -0.4 is 0 Å². The molecule has 0 aliphatic carbocycles. The second-order valence-corrected chi connectivity index (χ2v) is 6.31. The Kier molecular flexibility index (Phi) is 8.14. The van der Waals surface area contributed by atoms with Crippen LogP contribution in [0.25, 0.3) is 0 Å². The zero-order valence-electron chi connectivity index (χ0n) is 11.3. The zero-order valence-corrected chi connectivity index (χ0v) is 14.5. The summed E-state index contributed by atoms with van der Waals surface area (Å²) in [5.74, 6) is -0.157. The van der Waals surface area contributed by atoms with Crippen molar-refractivity contribution < 1.29 is 9.13 Å². The van der Waals surface area contributed by atoms with E-state index in [0.717, 1.165) is 16.3 Å². The predicted octanol–water partition coefficient (Wildman–Crippen LogP) is 4.21. The number of rotatable bonds is 8. The molecule has 0 radical (unpaired) electrons. The fraction of sp³-hybridized carbons (Fsp3) is 0.571. The van der Waals surface area contributed by atoms with Crippen molar-refractivity contribution in [3.05, 3.63) is 34.1 Å². The molecule has 1 aromatic carbocycles. The molecule has 0 N–H and O–H groups in total. The first-order chi connectivity index (χ1) is 9.04. The molecule has 0 bridgehead atoms. The normalized spacial score (nSPS) is 11.5. The fourth-order valence-corrected chi connectivity index (χ4v) is 2.38. The maximum atomic E-state index is 13.8. The van der Waals surface area contributed by atoms with Crippen molar-refractivity contribution in [1.29, 1.82) is 0 Å². The summed E-state index contributed by atoms with van der Waals surface area (Å²) < 4.78 is 20.1. The smallest absolute Gasteiger partial charge is 0.127 e. The molecule has 0 saturated carbocycles. The van der Waals surface area contributed by atoms with Gasteiger partial charge in [-0.1, -0.05) is 31.9 Å². The monoisotopic (exact) mass is 395 g/mol. The van der Waals surface area contributed by atoms with Crippen LogP contribution in [0, 0.1) is 5.82 Å². The molecule has 108 valence electrons. The summed E-state index contributed by atoms with van der Waals surface area (Å²) in [7, 11) is 0. The van der Waals surface area contributed by atoms with Crippen LogP contribution in [-0.4, -0.2) is 36.0 Å². The average molecular weight is 397 g/mol. The van der Waals surface area contributed by atoms with E-state index in [0.29, 0.717) is 31.4 Å². The van der Waals surface area contributed by atoms with Gasteiger partial charge in [0.2, 0.25) is 0 Å². The Bertz CT molecular complexity index is 388. The molecule has 0 spiro atoms. The van der Waals surface area contributed by atoms with Gasteiger partial charge in [0.25, 0.3) is 0 Å². The van der Waals surface area contributed by atoms with Crippen molar-refractivity contribution in [2.45, 2.75) is 26.4 Å². The van der Waals surface area contributed by atoms with E-state index < -0.39 is 0 Å². The lowest BCUT2D eigenvalue weighted by Gasteiger charge is -2.26. The van der Waals surface area contributed by atoms with Gasteiger partial charge >= 0.3 is 0 Å². The molecule has 0 atom stereocenters. The van der Waals surface area contributed by atoms with Crippen LogP contribution >= 0.6 is 31.9 Å². The van der Waals surface area contributed by atoms with Crippen LogP contribution in [0.2, 0.25) is 0 Å². The third kappa shape index (κ3) is 6.34. The summed E-state index contributed by atoms with van der Waals surface area (Å²) in [6.07, 6.45) is 0. The zero-order chi connectivity index (χ0) is 14.3. The van der Waals surface area contributed by atoms with E-state index >= 15 is 0 Å². The quantitative estimate of drug-likeness (QED) is 0.482. The van der Waals surface area contributed by atoms with Crippen molar-refractivity contribution in [1.82, 2.24) is 4.90 Å². The molecule has 1 aromatic rings. The Balaban J connectivity index is 2.59. The van der Waals surface area contributed by atoms with Crippen molar-refractivity contribution >= 4 is 31.9 Å². The van der Waals surface area contributed by atoms with Gasteiger partial charge in [0.15, 0.2) is 0 Å². The molecule has 0 amide bonds. The van der Waals surface area contributed by atoms with Gasteiger partial charge in [0, 0.05) is 34.5 Å². The standard InChI is InChI=1S/C14H20Br2FNO/c1-11(2)18(6-8-19-7-5-15)10-12-9-13(16)3-4-14(12)17/h3-4,9,11H,5-8,10H2,1-2H3. The van der Waals surface area contributed by atoms with Crippen molar-refractivity contribution in [3.8, 4) is 0 Å². The Morgan fingerprint density at radius 3 is 2.68 bits per heavy atom. The molecule has 0 saturated heterocycles. The van der Waals surface area contributed by atoms with Crippen LogP contribution in [-0.2, 0) is 11.3 Å².